The Morgan fingerprint density at radius 3 is 1.79 bits per heavy atom. The van der Waals surface area contributed by atoms with Gasteiger partial charge in [-0.1, -0.05) is 26.7 Å². The number of hydrogen-bond donors (Lipinski definition) is 3. The van der Waals surface area contributed by atoms with E-state index in [0.717, 1.165) is 44.8 Å². The third kappa shape index (κ3) is 37.4. The van der Waals surface area contributed by atoms with Crippen LogP contribution in [-0.2, 0) is 4.79 Å². The van der Waals surface area contributed by atoms with Crippen molar-refractivity contribution in [2.24, 2.45) is 16.1 Å². The molecule has 1 unspecified atom stereocenters. The van der Waals surface area contributed by atoms with Gasteiger partial charge in [-0.25, -0.2) is 0 Å². The summed E-state index contributed by atoms with van der Waals surface area (Å²) in [6.07, 6.45) is 6.06. The second-order valence-corrected chi connectivity index (χ2v) is 7.71. The van der Waals surface area contributed by atoms with Gasteiger partial charge in [-0.05, 0) is 60.8 Å². The number of carbonyl (C=O) groups is 1. The summed E-state index contributed by atoms with van der Waals surface area (Å²) in [5.74, 6) is 5.06. The lowest BCUT2D eigenvalue weighted by Crippen LogP contribution is -2.41. The summed E-state index contributed by atoms with van der Waals surface area (Å²) in [5.41, 5.74) is 2.50. The quantitative estimate of drug-likeness (QED) is 0.209. The van der Waals surface area contributed by atoms with Gasteiger partial charge >= 0.3 is 0 Å². The molecule has 1 atom stereocenters. The van der Waals surface area contributed by atoms with Crippen molar-refractivity contribution < 1.29 is 9.90 Å². The van der Waals surface area contributed by atoms with Crippen LogP contribution in [0.5, 0.6) is 0 Å². The first kappa shape index (κ1) is 28.0. The van der Waals surface area contributed by atoms with E-state index in [1.165, 1.54) is 0 Å². The smallest absolute Gasteiger partial charge is 0.165 e. The second kappa shape index (κ2) is 17.0. The molecule has 4 N–H and O–H groups in total. The normalized spacial score (nSPS) is 12.8. The number of aliphatic hydroxyl groups excluding tert-OH is 1. The molecule has 0 aromatic carbocycles. The molecule has 0 fully saturated rings. The molecule has 0 aliphatic rings. The SMILES string of the molecule is CC(C)(C)NN.CCCCC(O)/N=N/C(C)(C)C.CCCCC=O. The standard InChI is InChI=1S/C9H20N2O.C5H10O.C4H12N2/c1-5-6-7-8(12)10-11-9(2,3)4;1-2-3-4-5-6;1-4(2,3)6-5/h8,12H,5-7H2,1-4H3;5H,2-4H2,1H3;6H,5H2,1-3H3/b11-10+;;. The van der Waals surface area contributed by atoms with Crippen LogP contribution in [0, 0.1) is 0 Å². The van der Waals surface area contributed by atoms with Crippen LogP contribution in [0.3, 0.4) is 0 Å². The van der Waals surface area contributed by atoms with Crippen molar-refractivity contribution in [1.82, 2.24) is 5.43 Å². The number of nitrogens with two attached hydrogens (primary N) is 1. The lowest BCUT2D eigenvalue weighted by molar-refractivity contribution is -0.107. The van der Waals surface area contributed by atoms with E-state index in [2.05, 4.69) is 29.5 Å². The predicted octanol–water partition coefficient (Wildman–Crippen LogP) is 4.37. The highest BCUT2D eigenvalue weighted by Gasteiger charge is 2.08. The van der Waals surface area contributed by atoms with E-state index in [-0.39, 0.29) is 11.1 Å². The summed E-state index contributed by atoms with van der Waals surface area (Å²) in [6, 6.07) is 0. The van der Waals surface area contributed by atoms with E-state index in [1.807, 2.05) is 41.5 Å². The number of aliphatic hydroxyl groups is 1. The largest absolute Gasteiger partial charge is 0.370 e. The summed E-state index contributed by atoms with van der Waals surface area (Å²) in [5, 5.41) is 17.1. The number of azo groups is 1. The first-order valence-corrected chi connectivity index (χ1v) is 8.95. The molecule has 24 heavy (non-hydrogen) atoms. The molecule has 0 radical (unpaired) electrons. The summed E-state index contributed by atoms with van der Waals surface area (Å²) < 4.78 is 0. The number of unbranched alkanes of at least 4 members (excludes halogenated alkanes) is 3. The second-order valence-electron chi connectivity index (χ2n) is 7.71. The van der Waals surface area contributed by atoms with Crippen molar-refractivity contribution in [2.45, 2.75) is 111 Å². The molecule has 0 bridgehead atoms. The molecule has 146 valence electrons. The van der Waals surface area contributed by atoms with Crippen molar-refractivity contribution >= 4 is 6.29 Å². The minimum absolute atomic E-state index is 0.0694. The van der Waals surface area contributed by atoms with Crippen molar-refractivity contribution in [3.8, 4) is 0 Å². The Hall–Kier alpha value is -0.850. The number of rotatable bonds is 7. The number of nitrogens with one attached hydrogen (secondary N) is 1. The Bertz CT molecular complexity index is 294. The van der Waals surface area contributed by atoms with Crippen LogP contribution < -0.4 is 11.3 Å². The zero-order valence-corrected chi connectivity index (χ0v) is 17.2. The third-order valence-corrected chi connectivity index (χ3v) is 2.42. The molecule has 0 saturated carbocycles. The van der Waals surface area contributed by atoms with Crippen molar-refractivity contribution in [3.05, 3.63) is 0 Å². The first-order valence-electron chi connectivity index (χ1n) is 8.95. The van der Waals surface area contributed by atoms with Gasteiger partial charge < -0.3 is 9.90 Å². The molecule has 0 aliphatic carbocycles. The van der Waals surface area contributed by atoms with E-state index >= 15 is 0 Å². The van der Waals surface area contributed by atoms with Crippen LogP contribution >= 0.6 is 0 Å². The highest BCUT2D eigenvalue weighted by atomic mass is 16.3. The van der Waals surface area contributed by atoms with E-state index in [1.54, 1.807) is 0 Å². The maximum atomic E-state index is 9.56. The van der Waals surface area contributed by atoms with E-state index < -0.39 is 6.23 Å². The van der Waals surface area contributed by atoms with Crippen LogP contribution in [0.25, 0.3) is 0 Å². The molecule has 0 saturated heterocycles. The number of carbonyl (C=O) groups excluding carboxylic acids is 1. The van der Waals surface area contributed by atoms with Crippen molar-refractivity contribution in [1.29, 1.82) is 0 Å². The van der Waals surface area contributed by atoms with Gasteiger partial charge in [-0.15, -0.1) is 0 Å². The van der Waals surface area contributed by atoms with Gasteiger partial charge in [-0.2, -0.15) is 10.2 Å². The molecule has 0 rings (SSSR count). The third-order valence-electron chi connectivity index (χ3n) is 2.42. The summed E-state index contributed by atoms with van der Waals surface area (Å²) >= 11 is 0. The van der Waals surface area contributed by atoms with Crippen LogP contribution in [0.4, 0.5) is 0 Å². The van der Waals surface area contributed by atoms with E-state index in [4.69, 9.17) is 5.84 Å². The lowest BCUT2D eigenvalue weighted by Gasteiger charge is -2.14. The first-order chi connectivity index (χ1) is 10.9. The lowest BCUT2D eigenvalue weighted by atomic mass is 10.1. The Balaban J connectivity index is -0.000000309. The fourth-order valence-corrected chi connectivity index (χ4v) is 0.972. The molecule has 0 aromatic rings. The predicted molar refractivity (Wildman–Crippen MR) is 103 cm³/mol. The van der Waals surface area contributed by atoms with Gasteiger partial charge in [-0.3, -0.25) is 11.3 Å². The molecule has 0 spiro atoms. The topological polar surface area (TPSA) is 100 Å². The molecule has 6 nitrogen and oxygen atoms in total. The van der Waals surface area contributed by atoms with E-state index in [0.29, 0.717) is 0 Å². The maximum absolute atomic E-state index is 9.56. The van der Waals surface area contributed by atoms with Crippen molar-refractivity contribution in [2.75, 3.05) is 0 Å². The summed E-state index contributed by atoms with van der Waals surface area (Å²) in [4.78, 5) is 9.56. The zero-order chi connectivity index (χ0) is 19.6. The molecule has 0 aliphatic heterocycles. The van der Waals surface area contributed by atoms with Crippen LogP contribution in [0.15, 0.2) is 10.2 Å². The number of hydrazine groups is 1. The molecule has 0 heterocycles. The van der Waals surface area contributed by atoms with Gasteiger partial charge in [0, 0.05) is 12.0 Å². The fourth-order valence-electron chi connectivity index (χ4n) is 0.972. The highest BCUT2D eigenvalue weighted by molar-refractivity contribution is 5.48. The number of nitrogens with zero attached hydrogens (tertiary/aromatic N) is 2. The fraction of sp³-hybridized carbons (Fsp3) is 0.944. The minimum atomic E-state index is -0.607. The Labute approximate surface area is 149 Å². The summed E-state index contributed by atoms with van der Waals surface area (Å²) in [7, 11) is 0. The Kier molecular flexibility index (Phi) is 19.8. The van der Waals surface area contributed by atoms with Gasteiger partial charge in [0.1, 0.15) is 6.29 Å². The summed E-state index contributed by atoms with van der Waals surface area (Å²) in [6.45, 7) is 16.1. The molecule has 0 amide bonds. The number of hydrogen-bond acceptors (Lipinski definition) is 6. The monoisotopic (exact) mass is 346 g/mol. The van der Waals surface area contributed by atoms with Crippen LogP contribution in [0.1, 0.15) is 93.9 Å². The van der Waals surface area contributed by atoms with Gasteiger partial charge in [0.25, 0.3) is 0 Å². The average molecular weight is 347 g/mol. The highest BCUT2D eigenvalue weighted by Crippen LogP contribution is 2.09. The molecular formula is C18H42N4O2. The van der Waals surface area contributed by atoms with Crippen LogP contribution in [-0.4, -0.2) is 28.7 Å². The zero-order valence-electron chi connectivity index (χ0n) is 17.2. The Morgan fingerprint density at radius 2 is 1.54 bits per heavy atom. The molecule has 0 aromatic heterocycles. The molecular weight excluding hydrogens is 304 g/mol. The minimum Gasteiger partial charge on any atom is -0.370 e. The molecule has 6 heteroatoms. The van der Waals surface area contributed by atoms with Gasteiger partial charge in [0.05, 0.1) is 5.54 Å². The van der Waals surface area contributed by atoms with Crippen molar-refractivity contribution in [3.63, 3.8) is 0 Å². The average Bonchev–Trinajstić information content (AvgIpc) is 2.48. The Morgan fingerprint density at radius 1 is 1.08 bits per heavy atom. The van der Waals surface area contributed by atoms with E-state index in [9.17, 15) is 9.90 Å². The van der Waals surface area contributed by atoms with Gasteiger partial charge in [0.2, 0.25) is 0 Å². The van der Waals surface area contributed by atoms with Crippen LogP contribution in [0.2, 0.25) is 0 Å². The van der Waals surface area contributed by atoms with Gasteiger partial charge in [0.15, 0.2) is 6.23 Å². The number of aldehydes is 1. The maximum Gasteiger partial charge on any atom is 0.165 e.